The molecule has 152 valence electrons. The van der Waals surface area contributed by atoms with Crippen LogP contribution in [0.5, 0.6) is 0 Å². The maximum atomic E-state index is 12.7. The molecular weight excluding hydrogens is 381 g/mol. The summed E-state index contributed by atoms with van der Waals surface area (Å²) in [5, 5.41) is 7.08. The second-order valence-corrected chi connectivity index (χ2v) is 7.01. The van der Waals surface area contributed by atoms with E-state index >= 15 is 0 Å². The van der Waals surface area contributed by atoms with Crippen molar-refractivity contribution in [3.8, 4) is 5.82 Å². The zero-order valence-corrected chi connectivity index (χ0v) is 16.5. The summed E-state index contributed by atoms with van der Waals surface area (Å²) in [7, 11) is 0. The number of carbonyl (C=O) groups is 1. The molecule has 0 aliphatic carbocycles. The van der Waals surface area contributed by atoms with Crippen molar-refractivity contribution in [2.45, 2.75) is 39.9 Å². The lowest BCUT2D eigenvalue weighted by atomic mass is 10.00. The van der Waals surface area contributed by atoms with Crippen LogP contribution in [0.25, 0.3) is 5.82 Å². The van der Waals surface area contributed by atoms with Crippen LogP contribution in [0.3, 0.4) is 0 Å². The van der Waals surface area contributed by atoms with E-state index in [9.17, 15) is 18.0 Å². The summed E-state index contributed by atoms with van der Waals surface area (Å²) < 4.78 is 39.5. The molecule has 3 rings (SSSR count). The van der Waals surface area contributed by atoms with E-state index in [4.69, 9.17) is 0 Å². The summed E-state index contributed by atoms with van der Waals surface area (Å²) in [5.41, 5.74) is 3.18. The standard InChI is InChI=1S/C21H21F3N4O/c1-12-5-6-13(2)17(9-12)14(3)27-20(29)18-11-26-28(15(18)4)19-8-7-16(10-25-19)21(22,23)24/h5-11,14H,1-4H3,(H,27,29). The molecule has 5 nitrogen and oxygen atoms in total. The number of benzene rings is 1. The average Bonchev–Trinajstić information content (AvgIpc) is 3.04. The third-order valence-electron chi connectivity index (χ3n) is 4.80. The van der Waals surface area contributed by atoms with Gasteiger partial charge < -0.3 is 5.32 Å². The predicted molar refractivity (Wildman–Crippen MR) is 103 cm³/mol. The van der Waals surface area contributed by atoms with Gasteiger partial charge in [0.15, 0.2) is 5.82 Å². The van der Waals surface area contributed by atoms with E-state index in [-0.39, 0.29) is 17.8 Å². The summed E-state index contributed by atoms with van der Waals surface area (Å²) in [4.78, 5) is 16.6. The molecule has 1 unspecified atom stereocenters. The van der Waals surface area contributed by atoms with Crippen LogP contribution in [-0.4, -0.2) is 20.7 Å². The Bertz CT molecular complexity index is 1040. The van der Waals surface area contributed by atoms with E-state index in [1.165, 1.54) is 16.9 Å². The fourth-order valence-corrected chi connectivity index (χ4v) is 3.12. The Morgan fingerprint density at radius 1 is 1.10 bits per heavy atom. The number of alkyl halides is 3. The molecule has 0 saturated heterocycles. The summed E-state index contributed by atoms with van der Waals surface area (Å²) in [6.45, 7) is 7.54. The maximum Gasteiger partial charge on any atom is 0.417 e. The molecule has 2 heterocycles. The van der Waals surface area contributed by atoms with E-state index in [1.807, 2.05) is 39.0 Å². The Balaban J connectivity index is 1.81. The Hall–Kier alpha value is -3.16. The monoisotopic (exact) mass is 402 g/mol. The lowest BCUT2D eigenvalue weighted by Crippen LogP contribution is -2.27. The molecule has 0 fully saturated rings. The van der Waals surface area contributed by atoms with E-state index in [0.29, 0.717) is 11.3 Å². The van der Waals surface area contributed by atoms with E-state index < -0.39 is 11.7 Å². The van der Waals surface area contributed by atoms with Gasteiger partial charge in [0.1, 0.15) is 0 Å². The summed E-state index contributed by atoms with van der Waals surface area (Å²) >= 11 is 0. The third-order valence-corrected chi connectivity index (χ3v) is 4.80. The average molecular weight is 402 g/mol. The van der Waals surface area contributed by atoms with E-state index in [1.54, 1.807) is 6.92 Å². The van der Waals surface area contributed by atoms with Gasteiger partial charge in [-0.05, 0) is 51.0 Å². The van der Waals surface area contributed by atoms with Gasteiger partial charge in [-0.15, -0.1) is 0 Å². The molecule has 1 atom stereocenters. The Morgan fingerprint density at radius 3 is 2.45 bits per heavy atom. The summed E-state index contributed by atoms with van der Waals surface area (Å²) in [5.74, 6) is -0.105. The molecular formula is C21H21F3N4O. The number of hydrogen-bond acceptors (Lipinski definition) is 3. The topological polar surface area (TPSA) is 59.8 Å². The smallest absolute Gasteiger partial charge is 0.345 e. The number of hydrogen-bond donors (Lipinski definition) is 1. The van der Waals surface area contributed by atoms with Crippen molar-refractivity contribution in [2.75, 3.05) is 0 Å². The minimum absolute atomic E-state index is 0.206. The number of aryl methyl sites for hydroxylation is 2. The molecule has 1 aromatic carbocycles. The number of nitrogens with zero attached hydrogens (tertiary/aromatic N) is 3. The zero-order valence-electron chi connectivity index (χ0n) is 16.5. The van der Waals surface area contributed by atoms with Crippen LogP contribution in [0.15, 0.2) is 42.7 Å². The van der Waals surface area contributed by atoms with Gasteiger partial charge in [0.25, 0.3) is 5.91 Å². The first-order valence-corrected chi connectivity index (χ1v) is 9.04. The molecule has 0 bridgehead atoms. The third kappa shape index (κ3) is 4.31. The lowest BCUT2D eigenvalue weighted by molar-refractivity contribution is -0.137. The van der Waals surface area contributed by atoms with Gasteiger partial charge in [0.2, 0.25) is 0 Å². The Labute approximate surface area is 166 Å². The zero-order chi connectivity index (χ0) is 21.3. The summed E-state index contributed by atoms with van der Waals surface area (Å²) in [6.07, 6.45) is -2.32. The van der Waals surface area contributed by atoms with Crippen molar-refractivity contribution in [2.24, 2.45) is 0 Å². The quantitative estimate of drug-likeness (QED) is 0.688. The van der Waals surface area contributed by atoms with Crippen LogP contribution in [0.1, 0.15) is 51.3 Å². The number of amides is 1. The van der Waals surface area contributed by atoms with Gasteiger partial charge in [-0.1, -0.05) is 23.8 Å². The van der Waals surface area contributed by atoms with Crippen LogP contribution in [-0.2, 0) is 6.18 Å². The molecule has 29 heavy (non-hydrogen) atoms. The number of rotatable bonds is 4. The molecule has 3 aromatic rings. The van der Waals surface area contributed by atoms with Gasteiger partial charge in [-0.3, -0.25) is 4.79 Å². The van der Waals surface area contributed by atoms with Gasteiger partial charge in [-0.25, -0.2) is 9.67 Å². The first-order valence-electron chi connectivity index (χ1n) is 9.04. The Kier molecular flexibility index (Phi) is 5.46. The van der Waals surface area contributed by atoms with Crippen molar-refractivity contribution in [1.29, 1.82) is 0 Å². The highest BCUT2D eigenvalue weighted by Gasteiger charge is 2.31. The fraction of sp³-hybridized carbons (Fsp3) is 0.286. The number of halogens is 3. The van der Waals surface area contributed by atoms with Crippen LogP contribution >= 0.6 is 0 Å². The SMILES string of the molecule is Cc1ccc(C)c(C(C)NC(=O)c2cnn(-c3ccc(C(F)(F)F)cn3)c2C)c1. The van der Waals surface area contributed by atoms with Crippen LogP contribution in [0, 0.1) is 20.8 Å². The molecule has 0 aliphatic rings. The first-order chi connectivity index (χ1) is 13.6. The second-order valence-electron chi connectivity index (χ2n) is 7.01. The fourth-order valence-electron chi connectivity index (χ4n) is 3.12. The normalized spacial score (nSPS) is 12.7. The van der Waals surface area contributed by atoms with Crippen LogP contribution < -0.4 is 5.32 Å². The molecule has 8 heteroatoms. The largest absolute Gasteiger partial charge is 0.417 e. The molecule has 1 N–H and O–H groups in total. The minimum atomic E-state index is -4.46. The number of pyridine rings is 1. The highest BCUT2D eigenvalue weighted by Crippen LogP contribution is 2.29. The van der Waals surface area contributed by atoms with Crippen molar-refractivity contribution < 1.29 is 18.0 Å². The lowest BCUT2D eigenvalue weighted by Gasteiger charge is -2.17. The highest BCUT2D eigenvalue weighted by atomic mass is 19.4. The minimum Gasteiger partial charge on any atom is -0.345 e. The molecule has 0 saturated carbocycles. The molecule has 0 radical (unpaired) electrons. The van der Waals surface area contributed by atoms with Gasteiger partial charge in [0, 0.05) is 6.20 Å². The van der Waals surface area contributed by atoms with Crippen molar-refractivity contribution in [3.05, 3.63) is 76.2 Å². The van der Waals surface area contributed by atoms with Gasteiger partial charge >= 0.3 is 6.18 Å². The van der Waals surface area contributed by atoms with Crippen molar-refractivity contribution in [3.63, 3.8) is 0 Å². The Morgan fingerprint density at radius 2 is 1.83 bits per heavy atom. The molecule has 0 aliphatic heterocycles. The number of nitrogens with one attached hydrogen (secondary N) is 1. The first kappa shape index (κ1) is 20.6. The molecule has 1 amide bonds. The van der Waals surface area contributed by atoms with Crippen molar-refractivity contribution >= 4 is 5.91 Å². The molecule has 0 spiro atoms. The summed E-state index contributed by atoms with van der Waals surface area (Å²) in [6, 6.07) is 8.00. The highest BCUT2D eigenvalue weighted by molar-refractivity contribution is 5.95. The number of aromatic nitrogens is 3. The van der Waals surface area contributed by atoms with Crippen LogP contribution in [0.4, 0.5) is 13.2 Å². The molecule has 2 aromatic heterocycles. The van der Waals surface area contributed by atoms with E-state index in [0.717, 1.165) is 29.0 Å². The van der Waals surface area contributed by atoms with Gasteiger partial charge in [0.05, 0.1) is 29.1 Å². The predicted octanol–water partition coefficient (Wildman–Crippen LogP) is 4.70. The van der Waals surface area contributed by atoms with Gasteiger partial charge in [-0.2, -0.15) is 18.3 Å². The number of carbonyl (C=O) groups excluding carboxylic acids is 1. The van der Waals surface area contributed by atoms with Crippen molar-refractivity contribution in [1.82, 2.24) is 20.1 Å². The second kappa shape index (κ2) is 7.69. The maximum absolute atomic E-state index is 12.7. The van der Waals surface area contributed by atoms with Crippen LogP contribution in [0.2, 0.25) is 0 Å². The van der Waals surface area contributed by atoms with E-state index in [2.05, 4.69) is 15.4 Å².